The van der Waals surface area contributed by atoms with E-state index in [1.807, 2.05) is 0 Å². The van der Waals surface area contributed by atoms with Gasteiger partial charge in [0.05, 0.1) is 13.2 Å². The predicted molar refractivity (Wildman–Crippen MR) is 159 cm³/mol. The average molecular weight is 573 g/mol. The van der Waals surface area contributed by atoms with Crippen LogP contribution in [-0.4, -0.2) is 47.6 Å². The first-order chi connectivity index (χ1) is 19.1. The van der Waals surface area contributed by atoms with Gasteiger partial charge in [-0.15, -0.1) is 0 Å². The van der Waals surface area contributed by atoms with Crippen LogP contribution in [0.2, 0.25) is 0 Å². The van der Waals surface area contributed by atoms with Gasteiger partial charge in [0, 0.05) is 17.8 Å². The standard InChI is InChI=1S/C35H56O6/c1-21(2)23-11-16-35(20-40-22(3)37)18-17-33(7)24(29(23)35)9-10-27-32(6)14-13-28(41-30(39)25(38)19-36)31(4,5)26(32)12-15-34(27,33)8/h23-29,36,38H,1,9-20H2,2-8H3/t23-,24+,25+,26-,27+,28-,29+,32-,33+,34+,35+/m0/s1. The lowest BCUT2D eigenvalue weighted by atomic mass is 9.32. The van der Waals surface area contributed by atoms with E-state index in [0.29, 0.717) is 36.2 Å². The molecule has 0 aliphatic heterocycles. The minimum absolute atomic E-state index is 0.0762. The maximum absolute atomic E-state index is 12.5. The topological polar surface area (TPSA) is 93.1 Å². The maximum atomic E-state index is 12.5. The van der Waals surface area contributed by atoms with Gasteiger partial charge in [-0.25, -0.2) is 4.79 Å². The number of ether oxygens (including phenoxy) is 2. The normalized spacial score (nSPS) is 47.1. The van der Waals surface area contributed by atoms with Gasteiger partial charge in [0.15, 0.2) is 6.10 Å². The molecule has 232 valence electrons. The lowest BCUT2D eigenvalue weighted by molar-refractivity contribution is -0.253. The summed E-state index contributed by atoms with van der Waals surface area (Å²) in [6.45, 7) is 20.5. The Hall–Kier alpha value is -1.40. The Bertz CT molecular complexity index is 1070. The molecule has 5 aliphatic carbocycles. The monoisotopic (exact) mass is 572 g/mol. The highest BCUT2D eigenvalue weighted by Gasteiger charge is 2.71. The van der Waals surface area contributed by atoms with Crippen LogP contribution in [0.4, 0.5) is 0 Å². The molecule has 0 aromatic heterocycles. The molecule has 5 fully saturated rings. The number of carbonyl (C=O) groups excluding carboxylic acids is 2. The molecule has 5 rings (SSSR count). The van der Waals surface area contributed by atoms with Gasteiger partial charge in [0.1, 0.15) is 6.10 Å². The van der Waals surface area contributed by atoms with Gasteiger partial charge in [0.25, 0.3) is 0 Å². The van der Waals surface area contributed by atoms with Crippen molar-refractivity contribution in [2.45, 2.75) is 125 Å². The van der Waals surface area contributed by atoms with Crippen molar-refractivity contribution in [3.63, 3.8) is 0 Å². The lowest BCUT2D eigenvalue weighted by Gasteiger charge is -2.73. The Morgan fingerprint density at radius 2 is 1.59 bits per heavy atom. The van der Waals surface area contributed by atoms with Crippen molar-refractivity contribution in [3.05, 3.63) is 12.2 Å². The second-order valence-electron chi connectivity index (χ2n) is 16.3. The number of fused-ring (bicyclic) bond motifs is 7. The average Bonchev–Trinajstić information content (AvgIpc) is 3.29. The zero-order chi connectivity index (χ0) is 30.2. The van der Waals surface area contributed by atoms with Crippen molar-refractivity contribution < 1.29 is 29.3 Å². The molecule has 0 aromatic carbocycles. The third kappa shape index (κ3) is 4.47. The van der Waals surface area contributed by atoms with Gasteiger partial charge >= 0.3 is 11.9 Å². The first kappa shape index (κ1) is 31.0. The number of aliphatic hydroxyl groups is 2. The van der Waals surface area contributed by atoms with Gasteiger partial charge < -0.3 is 19.7 Å². The van der Waals surface area contributed by atoms with E-state index in [1.54, 1.807) is 6.92 Å². The summed E-state index contributed by atoms with van der Waals surface area (Å²) >= 11 is 0. The van der Waals surface area contributed by atoms with Crippen molar-refractivity contribution in [2.24, 2.45) is 56.7 Å². The predicted octanol–water partition coefficient (Wildman–Crippen LogP) is 6.47. The second-order valence-corrected chi connectivity index (χ2v) is 16.3. The summed E-state index contributed by atoms with van der Waals surface area (Å²) in [4.78, 5) is 24.4. The first-order valence-corrected chi connectivity index (χ1v) is 16.4. The number of rotatable bonds is 6. The van der Waals surface area contributed by atoms with Gasteiger partial charge in [-0.05, 0) is 117 Å². The van der Waals surface area contributed by atoms with E-state index in [2.05, 4.69) is 48.1 Å². The van der Waals surface area contributed by atoms with E-state index in [0.717, 1.165) is 38.5 Å². The molecule has 0 bridgehead atoms. The van der Waals surface area contributed by atoms with Crippen LogP contribution in [0.3, 0.4) is 0 Å². The van der Waals surface area contributed by atoms with Gasteiger partial charge in [-0.2, -0.15) is 0 Å². The maximum Gasteiger partial charge on any atom is 0.337 e. The summed E-state index contributed by atoms with van der Waals surface area (Å²) in [5.41, 5.74) is 1.74. The molecular weight excluding hydrogens is 516 g/mol. The van der Waals surface area contributed by atoms with E-state index in [4.69, 9.17) is 9.47 Å². The molecule has 2 N–H and O–H groups in total. The van der Waals surface area contributed by atoms with Crippen molar-refractivity contribution in [1.82, 2.24) is 0 Å². The zero-order valence-corrected chi connectivity index (χ0v) is 26.8. The molecule has 5 saturated carbocycles. The lowest BCUT2D eigenvalue weighted by Crippen LogP contribution is -2.67. The number of aliphatic hydroxyl groups excluding tert-OH is 2. The Balaban J connectivity index is 1.45. The fraction of sp³-hybridized carbons (Fsp3) is 0.886. The fourth-order valence-electron chi connectivity index (χ4n) is 12.3. The molecule has 6 heteroatoms. The van der Waals surface area contributed by atoms with E-state index in [1.165, 1.54) is 31.3 Å². The molecule has 0 amide bonds. The van der Waals surface area contributed by atoms with Crippen LogP contribution in [0.25, 0.3) is 0 Å². The second kappa shape index (κ2) is 10.4. The Morgan fingerprint density at radius 1 is 0.878 bits per heavy atom. The van der Waals surface area contributed by atoms with Crippen LogP contribution in [0.1, 0.15) is 113 Å². The Kier molecular flexibility index (Phi) is 7.84. The minimum atomic E-state index is -1.47. The van der Waals surface area contributed by atoms with Crippen LogP contribution >= 0.6 is 0 Å². The van der Waals surface area contributed by atoms with Crippen LogP contribution < -0.4 is 0 Å². The minimum Gasteiger partial charge on any atom is -0.465 e. The number of carbonyl (C=O) groups is 2. The van der Waals surface area contributed by atoms with E-state index in [-0.39, 0.29) is 39.1 Å². The van der Waals surface area contributed by atoms with Gasteiger partial charge in [-0.1, -0.05) is 46.8 Å². The van der Waals surface area contributed by atoms with Crippen LogP contribution in [0.5, 0.6) is 0 Å². The quantitative estimate of drug-likeness (QED) is 0.280. The molecule has 41 heavy (non-hydrogen) atoms. The number of allylic oxidation sites excluding steroid dienone is 1. The number of esters is 2. The summed E-state index contributed by atoms with van der Waals surface area (Å²) in [5, 5.41) is 19.1. The van der Waals surface area contributed by atoms with E-state index < -0.39 is 18.7 Å². The third-order valence-electron chi connectivity index (χ3n) is 14.4. The highest BCUT2D eigenvalue weighted by molar-refractivity contribution is 5.74. The van der Waals surface area contributed by atoms with E-state index in [9.17, 15) is 19.8 Å². The molecule has 6 nitrogen and oxygen atoms in total. The fourth-order valence-corrected chi connectivity index (χ4v) is 12.3. The third-order valence-corrected chi connectivity index (χ3v) is 14.4. The molecule has 0 heterocycles. The molecular formula is C35H56O6. The summed E-state index contributed by atoms with van der Waals surface area (Å²) in [7, 11) is 0. The largest absolute Gasteiger partial charge is 0.465 e. The van der Waals surface area contributed by atoms with Gasteiger partial charge in [0.2, 0.25) is 0 Å². The van der Waals surface area contributed by atoms with Crippen LogP contribution in [-0.2, 0) is 19.1 Å². The summed E-state index contributed by atoms with van der Waals surface area (Å²) < 4.78 is 11.7. The molecule has 5 aliphatic rings. The Morgan fingerprint density at radius 3 is 2.22 bits per heavy atom. The van der Waals surface area contributed by atoms with E-state index >= 15 is 0 Å². The highest BCUT2D eigenvalue weighted by Crippen LogP contribution is 2.77. The Labute approximate surface area is 248 Å². The summed E-state index contributed by atoms with van der Waals surface area (Å²) in [6, 6.07) is 0. The molecule has 0 aromatic rings. The van der Waals surface area contributed by atoms with Crippen molar-refractivity contribution >= 4 is 11.9 Å². The molecule has 0 radical (unpaired) electrons. The summed E-state index contributed by atoms with van der Waals surface area (Å²) in [6.07, 6.45) is 9.42. The number of hydrogen-bond donors (Lipinski definition) is 2. The van der Waals surface area contributed by atoms with Crippen molar-refractivity contribution in [2.75, 3.05) is 13.2 Å². The van der Waals surface area contributed by atoms with Crippen LogP contribution in [0.15, 0.2) is 12.2 Å². The smallest absolute Gasteiger partial charge is 0.337 e. The molecule has 0 spiro atoms. The van der Waals surface area contributed by atoms with Crippen molar-refractivity contribution in [1.29, 1.82) is 0 Å². The molecule has 0 unspecified atom stereocenters. The van der Waals surface area contributed by atoms with Gasteiger partial charge in [-0.3, -0.25) is 4.79 Å². The zero-order valence-electron chi connectivity index (χ0n) is 26.8. The summed E-state index contributed by atoms with van der Waals surface area (Å²) in [5.74, 6) is 1.77. The molecule has 11 atom stereocenters. The molecule has 0 saturated heterocycles. The highest BCUT2D eigenvalue weighted by atomic mass is 16.6. The van der Waals surface area contributed by atoms with Crippen LogP contribution in [0, 0.1) is 56.7 Å². The number of hydrogen-bond acceptors (Lipinski definition) is 6. The SMILES string of the molecule is C=C(C)[C@@H]1CC[C@]2(COC(C)=O)CC[C@]3(C)[C@H](CC[C@@H]4[C@@]5(C)CC[C@H](OC(=O)[C@H](O)CO)C(C)(C)[C@@H]5CC[C@]43C)[C@@H]12. The first-order valence-electron chi connectivity index (χ1n) is 16.4. The van der Waals surface area contributed by atoms with Crippen molar-refractivity contribution in [3.8, 4) is 0 Å².